The van der Waals surface area contributed by atoms with E-state index in [0.717, 1.165) is 22.2 Å². The summed E-state index contributed by atoms with van der Waals surface area (Å²) in [5.41, 5.74) is -2.97. The lowest BCUT2D eigenvalue weighted by molar-refractivity contribution is -0.137. The lowest BCUT2D eigenvalue weighted by Gasteiger charge is -2.28. The van der Waals surface area contributed by atoms with Crippen molar-refractivity contribution in [3.8, 4) is 11.1 Å². The molecule has 1 aromatic heterocycles. The van der Waals surface area contributed by atoms with Gasteiger partial charge in [-0.15, -0.1) is 0 Å². The van der Waals surface area contributed by atoms with Crippen LogP contribution < -0.4 is 5.56 Å². The lowest BCUT2D eigenvalue weighted by Crippen LogP contribution is -2.40. The second-order valence-corrected chi connectivity index (χ2v) is 12.1. The average molecular weight is 690 g/mol. The number of nitrogens with zero attached hydrogens (tertiary/aromatic N) is 4. The zero-order valence-corrected chi connectivity index (χ0v) is 27.5. The molecule has 48 heavy (non-hydrogen) atoms. The lowest BCUT2D eigenvalue weighted by atomic mass is 9.98. The van der Waals surface area contributed by atoms with E-state index in [9.17, 15) is 29.9 Å². The maximum Gasteiger partial charge on any atom is 0.416 e. The van der Waals surface area contributed by atoms with E-state index < -0.39 is 101 Å². The number of fused-ring (bicyclic) bond motifs is 1. The maximum absolute atomic E-state index is 14.6. The minimum absolute atomic E-state index is 0.172. The highest BCUT2D eigenvalue weighted by Gasteiger charge is 2.30. The molecule has 6 nitrogen and oxygen atoms in total. The average Bonchev–Trinajstić information content (AvgIpc) is 3.65. The molecule has 1 aliphatic rings. The normalized spacial score (nSPS) is 15.8. The van der Waals surface area contributed by atoms with E-state index in [1.165, 1.54) is 19.1 Å². The third-order valence-electron chi connectivity index (χ3n) is 8.02. The highest BCUT2D eigenvalue weighted by atomic mass is 32.2. The molecule has 5 rings (SSSR count). The summed E-state index contributed by atoms with van der Waals surface area (Å²) < 4.78 is 135. The van der Waals surface area contributed by atoms with Gasteiger partial charge >= 0.3 is 6.18 Å². The van der Waals surface area contributed by atoms with E-state index >= 15 is 0 Å². The molecule has 3 aromatic carbocycles. The Morgan fingerprint density at radius 1 is 1.02 bits per heavy atom. The third kappa shape index (κ3) is 8.54. The number of aromatic nitrogens is 2. The molecule has 0 unspecified atom stereocenters. The van der Waals surface area contributed by atoms with Crippen LogP contribution in [0, 0.1) is 12.7 Å². The van der Waals surface area contributed by atoms with Crippen LogP contribution in [0.4, 0.5) is 17.6 Å². The van der Waals surface area contributed by atoms with Crippen LogP contribution in [0.25, 0.3) is 11.1 Å². The highest BCUT2D eigenvalue weighted by molar-refractivity contribution is 7.98. The fourth-order valence-electron chi connectivity index (χ4n) is 5.28. The van der Waals surface area contributed by atoms with Crippen LogP contribution in [0.5, 0.6) is 0 Å². The number of hydrogen-bond acceptors (Lipinski definition) is 5. The van der Waals surface area contributed by atoms with Gasteiger partial charge in [0.15, 0.2) is 5.16 Å². The molecule has 0 saturated heterocycles. The number of amides is 1. The summed E-state index contributed by atoms with van der Waals surface area (Å²) in [6.07, 6.45) is -3.76. The molecule has 0 saturated carbocycles. The Balaban J connectivity index is 1.63. The number of thioether (sulfide) groups is 1. The van der Waals surface area contributed by atoms with Gasteiger partial charge in [0.05, 0.1) is 17.9 Å². The van der Waals surface area contributed by atoms with Gasteiger partial charge in [0, 0.05) is 36.6 Å². The van der Waals surface area contributed by atoms with E-state index in [-0.39, 0.29) is 29.6 Å². The maximum atomic E-state index is 14.6. The van der Waals surface area contributed by atoms with E-state index in [4.69, 9.17) is 9.60 Å². The minimum Gasteiger partial charge on any atom is -0.336 e. The van der Waals surface area contributed by atoms with Crippen molar-refractivity contribution < 1.29 is 34.7 Å². The first kappa shape index (κ1) is 25.1. The van der Waals surface area contributed by atoms with E-state index in [0.29, 0.717) is 43.6 Å². The van der Waals surface area contributed by atoms with Gasteiger partial charge < -0.3 is 14.4 Å². The van der Waals surface area contributed by atoms with Gasteiger partial charge in [-0.25, -0.2) is 4.39 Å². The summed E-state index contributed by atoms with van der Waals surface area (Å²) in [5, 5.41) is 0.183. The summed E-state index contributed by atoms with van der Waals surface area (Å²) in [4.78, 5) is 34.7. The Morgan fingerprint density at radius 3 is 2.38 bits per heavy atom. The van der Waals surface area contributed by atoms with Crippen molar-refractivity contribution in [2.45, 2.75) is 70.2 Å². The van der Waals surface area contributed by atoms with Crippen molar-refractivity contribution in [3.63, 3.8) is 0 Å². The number of carbonyl (C=O) groups is 1. The van der Waals surface area contributed by atoms with Gasteiger partial charge in [-0.1, -0.05) is 68.0 Å². The molecule has 254 valence electrons. The van der Waals surface area contributed by atoms with E-state index in [1.807, 2.05) is 18.7 Å². The molecule has 11 heteroatoms. The molecule has 0 aliphatic heterocycles. The number of benzene rings is 3. The number of hydrogen-bond donors (Lipinski definition) is 0. The Hall–Kier alpha value is -3.96. The molecular weight excluding hydrogens is 640 g/mol. The van der Waals surface area contributed by atoms with Crippen LogP contribution in [-0.2, 0) is 42.6 Å². The molecule has 4 aromatic rings. The fourth-order valence-corrected chi connectivity index (χ4v) is 6.25. The van der Waals surface area contributed by atoms with Gasteiger partial charge in [0.2, 0.25) is 5.91 Å². The number of carbonyl (C=O) groups excluding carboxylic acids is 1. The summed E-state index contributed by atoms with van der Waals surface area (Å²) in [6, 6.07) is -2.09. The van der Waals surface area contributed by atoms with Crippen LogP contribution in [0.15, 0.2) is 76.5 Å². The van der Waals surface area contributed by atoms with Crippen LogP contribution >= 0.6 is 11.8 Å². The minimum atomic E-state index is -5.25. The molecule has 0 atom stereocenters. The second-order valence-electron chi connectivity index (χ2n) is 11.2. The van der Waals surface area contributed by atoms with Crippen molar-refractivity contribution >= 4 is 17.7 Å². The van der Waals surface area contributed by atoms with Gasteiger partial charge in [-0.3, -0.25) is 9.59 Å². The summed E-state index contributed by atoms with van der Waals surface area (Å²) in [6.45, 7) is 2.60. The first-order valence-corrected chi connectivity index (χ1v) is 16.5. The Kier molecular flexibility index (Phi) is 8.10. The van der Waals surface area contributed by atoms with Gasteiger partial charge in [0.1, 0.15) is 12.4 Å². The highest BCUT2D eigenvalue weighted by Crippen LogP contribution is 2.32. The van der Waals surface area contributed by atoms with Crippen molar-refractivity contribution in [3.05, 3.63) is 116 Å². The van der Waals surface area contributed by atoms with Crippen LogP contribution in [0.1, 0.15) is 66.1 Å². The molecule has 0 N–H and O–H groups in total. The zero-order valence-electron chi connectivity index (χ0n) is 35.7. The predicted octanol–water partition coefficient (Wildman–Crippen LogP) is 7.53. The summed E-state index contributed by atoms with van der Waals surface area (Å²) >= 11 is 1.14. The van der Waals surface area contributed by atoms with Gasteiger partial charge in [-0.05, 0) is 91.3 Å². The second kappa shape index (κ2) is 15.5. The van der Waals surface area contributed by atoms with E-state index in [2.05, 4.69) is 4.98 Å². The zero-order chi connectivity index (χ0) is 42.3. The monoisotopic (exact) mass is 689 g/mol. The van der Waals surface area contributed by atoms with Crippen molar-refractivity contribution in [2.75, 3.05) is 26.2 Å². The largest absolute Gasteiger partial charge is 0.416 e. The van der Waals surface area contributed by atoms with Crippen molar-refractivity contribution in [1.82, 2.24) is 19.4 Å². The predicted molar refractivity (Wildman–Crippen MR) is 181 cm³/mol. The first-order valence-electron chi connectivity index (χ1n) is 20.0. The molecule has 1 amide bonds. The topological polar surface area (TPSA) is 58.4 Å². The Morgan fingerprint density at radius 2 is 1.71 bits per heavy atom. The fraction of sp³-hybridized carbons (Fsp3) is 0.378. The number of halogens is 4. The third-order valence-corrected chi connectivity index (χ3v) is 9.06. The summed E-state index contributed by atoms with van der Waals surface area (Å²) in [5.74, 6) is -0.956. The molecule has 0 bridgehead atoms. The molecule has 0 fully saturated rings. The molecule has 1 heterocycles. The number of alkyl halides is 3. The summed E-state index contributed by atoms with van der Waals surface area (Å²) in [7, 11) is 0. The first-order chi connectivity index (χ1) is 26.7. The van der Waals surface area contributed by atoms with Crippen molar-refractivity contribution in [1.29, 1.82) is 0 Å². The van der Waals surface area contributed by atoms with Crippen LogP contribution in [-0.4, -0.2) is 51.4 Å². The van der Waals surface area contributed by atoms with Gasteiger partial charge in [0.25, 0.3) is 5.56 Å². The number of likely N-dealkylation sites (N-methyl/N-ethyl adjacent to an activating group) is 1. The quantitative estimate of drug-likeness (QED) is 0.0826. The number of rotatable bonds is 13. The van der Waals surface area contributed by atoms with Crippen molar-refractivity contribution in [2.24, 2.45) is 0 Å². The standard InChI is InChI=1S/C37H40F4N4O2S/c1-4-43(5-2)19-20-44(22-29-12-11-28(21-25(29)3)27-13-15-30(16-14-27)37(39,40)41)34(46)23-45-33-8-6-7-32(33)35(47)42-36(45)48-24-26-9-17-31(38)18-10-26/h9-18,21H,4-8,19-20,22-24H2,1-3H3/i11D,12D,13D,14D,15D,16D,21D,22D2. The van der Waals surface area contributed by atoms with Crippen LogP contribution in [0.3, 0.4) is 0 Å². The Bertz CT molecular complexity index is 2210. The molecular formula is C37H40F4N4O2S. The van der Waals surface area contributed by atoms with E-state index in [1.54, 1.807) is 16.7 Å². The Labute approximate surface area is 295 Å². The van der Waals surface area contributed by atoms with Gasteiger partial charge in [-0.2, -0.15) is 18.2 Å². The molecule has 1 aliphatic carbocycles. The molecule has 0 spiro atoms. The smallest absolute Gasteiger partial charge is 0.336 e. The molecule has 0 radical (unpaired) electrons. The SMILES string of the molecule is [2H]c1c([2H])c(C(F)(F)F)c([2H])c([2H])c1-c1c([2H])c([2H])c(C([2H])([2H])N(CCN(CC)CC)C(=O)Cn2c(SCc3ccc(F)cc3)nc(=O)c3c2CCC3)c(C)c1[2H]. The van der Waals surface area contributed by atoms with Crippen LogP contribution in [0.2, 0.25) is 0 Å².